The van der Waals surface area contributed by atoms with Crippen LogP contribution in [-0.2, 0) is 11.2 Å². The van der Waals surface area contributed by atoms with Crippen molar-refractivity contribution in [1.29, 1.82) is 0 Å². The van der Waals surface area contributed by atoms with Crippen molar-refractivity contribution in [2.75, 3.05) is 12.4 Å². The van der Waals surface area contributed by atoms with Crippen LogP contribution < -0.4 is 10.1 Å². The van der Waals surface area contributed by atoms with E-state index >= 15 is 0 Å². The number of methoxy groups -OCH3 is 1. The van der Waals surface area contributed by atoms with Crippen LogP contribution in [0.5, 0.6) is 5.75 Å². The molecule has 2 aromatic carbocycles. The zero-order chi connectivity index (χ0) is 16.9. The molecule has 1 aromatic heterocycles. The molecule has 122 valence electrons. The molecule has 0 bridgehead atoms. The van der Waals surface area contributed by atoms with Crippen molar-refractivity contribution < 1.29 is 9.53 Å². The Morgan fingerprint density at radius 2 is 1.96 bits per heavy atom. The third-order valence-electron chi connectivity index (χ3n) is 3.48. The van der Waals surface area contributed by atoms with E-state index in [-0.39, 0.29) is 12.3 Å². The summed E-state index contributed by atoms with van der Waals surface area (Å²) in [5.41, 5.74) is 2.19. The number of amides is 1. The average Bonchev–Trinajstić information content (AvgIpc) is 3.11. The van der Waals surface area contributed by atoms with E-state index in [2.05, 4.69) is 15.5 Å². The van der Waals surface area contributed by atoms with Crippen LogP contribution >= 0.6 is 11.6 Å². The van der Waals surface area contributed by atoms with Crippen LogP contribution in [0.1, 0.15) is 5.56 Å². The molecule has 1 N–H and O–H groups in total. The largest absolute Gasteiger partial charge is 0.496 e. The van der Waals surface area contributed by atoms with Gasteiger partial charge in [0.25, 0.3) is 0 Å². The lowest BCUT2D eigenvalue weighted by Gasteiger charge is -2.11. The van der Waals surface area contributed by atoms with Gasteiger partial charge in [-0.3, -0.25) is 9.36 Å². The van der Waals surface area contributed by atoms with Crippen LogP contribution in [-0.4, -0.2) is 27.8 Å². The highest BCUT2D eigenvalue weighted by Gasteiger charge is 2.13. The van der Waals surface area contributed by atoms with Gasteiger partial charge in [0, 0.05) is 16.3 Å². The molecular formula is C17H15ClN4O2. The Morgan fingerprint density at radius 3 is 2.71 bits per heavy atom. The van der Waals surface area contributed by atoms with E-state index in [9.17, 15) is 4.79 Å². The molecule has 3 aromatic rings. The van der Waals surface area contributed by atoms with E-state index in [1.165, 1.54) is 0 Å². The molecule has 0 aliphatic carbocycles. The summed E-state index contributed by atoms with van der Waals surface area (Å²) in [5.74, 6) is 0.415. The van der Waals surface area contributed by atoms with E-state index in [1.54, 1.807) is 42.5 Å². The molecule has 0 aliphatic heterocycles. The Balaban J connectivity index is 1.75. The number of carbonyl (C=O) groups excluding carboxylic acids is 1. The normalized spacial score (nSPS) is 10.4. The molecule has 0 saturated carbocycles. The minimum Gasteiger partial charge on any atom is -0.496 e. The molecule has 0 atom stereocenters. The van der Waals surface area contributed by atoms with Crippen molar-refractivity contribution in [1.82, 2.24) is 14.8 Å². The summed E-state index contributed by atoms with van der Waals surface area (Å²) in [6.07, 6.45) is 3.31. The monoisotopic (exact) mass is 342 g/mol. The van der Waals surface area contributed by atoms with Gasteiger partial charge in [-0.05, 0) is 30.3 Å². The first-order valence-corrected chi connectivity index (χ1v) is 7.61. The van der Waals surface area contributed by atoms with Crippen LogP contribution in [0, 0.1) is 0 Å². The number of benzene rings is 2. The topological polar surface area (TPSA) is 69.0 Å². The van der Waals surface area contributed by atoms with Crippen LogP contribution in [0.3, 0.4) is 0 Å². The molecule has 24 heavy (non-hydrogen) atoms. The van der Waals surface area contributed by atoms with Gasteiger partial charge < -0.3 is 10.1 Å². The molecule has 0 unspecified atom stereocenters. The number of carbonyl (C=O) groups is 1. The van der Waals surface area contributed by atoms with E-state index in [1.807, 2.05) is 24.3 Å². The lowest BCUT2D eigenvalue weighted by molar-refractivity contribution is -0.115. The van der Waals surface area contributed by atoms with Crippen LogP contribution in [0.2, 0.25) is 5.02 Å². The van der Waals surface area contributed by atoms with Crippen LogP contribution in [0.4, 0.5) is 5.69 Å². The summed E-state index contributed by atoms with van der Waals surface area (Å²) in [6.45, 7) is 0. The standard InChI is InChI=1S/C17H15ClN4O2/c1-24-16-7-3-6-15(18)14(16)9-17(23)21-12-4-2-5-13(8-12)22-10-19-20-11-22/h2-8,10-11H,9H2,1H3,(H,21,23). The molecule has 0 aliphatic rings. The molecule has 1 heterocycles. The van der Waals surface area contributed by atoms with Crippen LogP contribution in [0.15, 0.2) is 55.1 Å². The molecule has 0 radical (unpaired) electrons. The number of aromatic nitrogens is 3. The summed E-state index contributed by atoms with van der Waals surface area (Å²) >= 11 is 6.17. The van der Waals surface area contributed by atoms with Gasteiger partial charge in [-0.2, -0.15) is 0 Å². The minimum atomic E-state index is -0.178. The fourth-order valence-electron chi connectivity index (χ4n) is 2.35. The van der Waals surface area contributed by atoms with Crippen molar-refractivity contribution >= 4 is 23.2 Å². The number of nitrogens with zero attached hydrogens (tertiary/aromatic N) is 3. The van der Waals surface area contributed by atoms with Gasteiger partial charge in [0.2, 0.25) is 5.91 Å². The molecule has 0 fully saturated rings. The number of ether oxygens (including phenoxy) is 1. The lowest BCUT2D eigenvalue weighted by atomic mass is 10.1. The van der Waals surface area contributed by atoms with E-state index < -0.39 is 0 Å². The Hall–Kier alpha value is -2.86. The summed E-state index contributed by atoms with van der Waals surface area (Å²) < 4.78 is 7.02. The van der Waals surface area contributed by atoms with Crippen molar-refractivity contribution in [3.63, 3.8) is 0 Å². The second kappa shape index (κ2) is 7.14. The number of nitrogens with one attached hydrogen (secondary N) is 1. The summed E-state index contributed by atoms with van der Waals surface area (Å²) in [6, 6.07) is 12.7. The second-order valence-electron chi connectivity index (χ2n) is 5.07. The molecule has 0 saturated heterocycles. The highest BCUT2D eigenvalue weighted by atomic mass is 35.5. The number of anilines is 1. The first-order valence-electron chi connectivity index (χ1n) is 7.23. The lowest BCUT2D eigenvalue weighted by Crippen LogP contribution is -2.15. The maximum atomic E-state index is 12.3. The third kappa shape index (κ3) is 3.55. The predicted octanol–water partition coefficient (Wildman–Crippen LogP) is 3.11. The average molecular weight is 343 g/mol. The zero-order valence-corrected chi connectivity index (χ0v) is 13.7. The Morgan fingerprint density at radius 1 is 1.21 bits per heavy atom. The fraction of sp³-hybridized carbons (Fsp3) is 0.118. The van der Waals surface area contributed by atoms with Crippen molar-refractivity contribution in [2.45, 2.75) is 6.42 Å². The Bertz CT molecular complexity index is 850. The molecule has 0 spiro atoms. The maximum absolute atomic E-state index is 12.3. The first kappa shape index (κ1) is 16.0. The van der Waals surface area contributed by atoms with Crippen molar-refractivity contribution in [3.8, 4) is 11.4 Å². The fourth-order valence-corrected chi connectivity index (χ4v) is 2.58. The molecule has 7 heteroatoms. The van der Waals surface area contributed by atoms with Gasteiger partial charge in [0.1, 0.15) is 18.4 Å². The Kier molecular flexibility index (Phi) is 4.77. The predicted molar refractivity (Wildman–Crippen MR) is 91.7 cm³/mol. The van der Waals surface area contributed by atoms with Gasteiger partial charge in [-0.15, -0.1) is 10.2 Å². The minimum absolute atomic E-state index is 0.125. The van der Waals surface area contributed by atoms with Gasteiger partial charge in [-0.1, -0.05) is 23.7 Å². The summed E-state index contributed by atoms with van der Waals surface area (Å²) in [7, 11) is 1.55. The van der Waals surface area contributed by atoms with Crippen molar-refractivity contribution in [3.05, 3.63) is 65.7 Å². The SMILES string of the molecule is COc1cccc(Cl)c1CC(=O)Nc1cccc(-n2cnnc2)c1. The highest BCUT2D eigenvalue weighted by Crippen LogP contribution is 2.27. The van der Waals surface area contributed by atoms with Gasteiger partial charge in [0.05, 0.1) is 19.2 Å². The smallest absolute Gasteiger partial charge is 0.228 e. The van der Waals surface area contributed by atoms with Crippen LogP contribution in [0.25, 0.3) is 5.69 Å². The molecule has 1 amide bonds. The van der Waals surface area contributed by atoms with Gasteiger partial charge in [0.15, 0.2) is 0 Å². The maximum Gasteiger partial charge on any atom is 0.228 e. The third-order valence-corrected chi connectivity index (χ3v) is 3.83. The van der Waals surface area contributed by atoms with Crippen molar-refractivity contribution in [2.24, 2.45) is 0 Å². The highest BCUT2D eigenvalue weighted by molar-refractivity contribution is 6.31. The van der Waals surface area contributed by atoms with Gasteiger partial charge in [-0.25, -0.2) is 0 Å². The number of hydrogen-bond acceptors (Lipinski definition) is 4. The van der Waals surface area contributed by atoms with E-state index in [0.29, 0.717) is 22.0 Å². The molecule has 6 nitrogen and oxygen atoms in total. The second-order valence-corrected chi connectivity index (χ2v) is 5.47. The quantitative estimate of drug-likeness (QED) is 0.773. The number of rotatable bonds is 5. The first-order chi connectivity index (χ1) is 11.7. The molecule has 3 rings (SSSR count). The Labute approximate surface area is 144 Å². The van der Waals surface area contributed by atoms with E-state index in [0.717, 1.165) is 5.69 Å². The summed E-state index contributed by atoms with van der Waals surface area (Å²) in [5, 5.41) is 10.9. The summed E-state index contributed by atoms with van der Waals surface area (Å²) in [4.78, 5) is 12.3. The van der Waals surface area contributed by atoms with Gasteiger partial charge >= 0.3 is 0 Å². The number of halogens is 1. The van der Waals surface area contributed by atoms with E-state index in [4.69, 9.17) is 16.3 Å². The number of hydrogen-bond donors (Lipinski definition) is 1. The molecular weight excluding hydrogens is 328 g/mol. The zero-order valence-electron chi connectivity index (χ0n) is 12.9.